The highest BCUT2D eigenvalue weighted by atomic mass is 16.2. The van der Waals surface area contributed by atoms with E-state index in [0.717, 1.165) is 50.6 Å². The van der Waals surface area contributed by atoms with E-state index in [-0.39, 0.29) is 1.43 Å². The first kappa shape index (κ1) is 21.5. The Morgan fingerprint density at radius 1 is 1.21 bits per heavy atom. The van der Waals surface area contributed by atoms with E-state index in [9.17, 15) is 0 Å². The minimum Gasteiger partial charge on any atom is -0.400 e. The van der Waals surface area contributed by atoms with E-state index >= 15 is 0 Å². The van der Waals surface area contributed by atoms with E-state index in [1.807, 2.05) is 0 Å². The summed E-state index contributed by atoms with van der Waals surface area (Å²) < 4.78 is 0. The number of allylic oxidation sites excluding steroid dienone is 9. The number of aryl methyl sites for hydroxylation is 1. The zero-order valence-electron chi connectivity index (χ0n) is 16.7. The third-order valence-electron chi connectivity index (χ3n) is 4.59. The average molecular weight is 381 g/mol. The fourth-order valence-corrected chi connectivity index (χ4v) is 3.08. The number of hydrogen-bond donors (Lipinski definition) is 3. The van der Waals surface area contributed by atoms with Crippen LogP contribution in [0.15, 0.2) is 66.5 Å². The third-order valence-corrected chi connectivity index (χ3v) is 4.59. The monoisotopic (exact) mass is 380 g/mol. The maximum atomic E-state index is 8.01. The molecule has 1 heterocycles. The molecular weight excluding hydrogens is 348 g/mol. The van der Waals surface area contributed by atoms with Crippen LogP contribution < -0.4 is 5.32 Å². The van der Waals surface area contributed by atoms with Gasteiger partial charge in [-0.05, 0) is 38.5 Å². The number of anilines is 1. The summed E-state index contributed by atoms with van der Waals surface area (Å²) in [6.07, 6.45) is 24.8. The topological polar surface area (TPSA) is 81.9 Å². The quantitative estimate of drug-likeness (QED) is 0.602. The van der Waals surface area contributed by atoms with Gasteiger partial charge in [0.25, 0.3) is 0 Å². The number of aromatic nitrogens is 2. The molecule has 0 aromatic carbocycles. The van der Waals surface area contributed by atoms with Crippen LogP contribution in [0, 0.1) is 11.3 Å². The lowest BCUT2D eigenvalue weighted by atomic mass is 10.0. The predicted molar refractivity (Wildman–Crippen MR) is 119 cm³/mol. The predicted octanol–water partition coefficient (Wildman–Crippen LogP) is 4.64. The van der Waals surface area contributed by atoms with Gasteiger partial charge >= 0.3 is 0 Å². The Morgan fingerprint density at radius 2 is 2.04 bits per heavy atom. The number of rotatable bonds is 7. The minimum atomic E-state index is 0. The lowest BCUT2D eigenvalue weighted by Crippen LogP contribution is -2.16. The van der Waals surface area contributed by atoms with Crippen LogP contribution in [0.5, 0.6) is 0 Å². The molecule has 0 spiro atoms. The Hall–Kier alpha value is -2.79. The summed E-state index contributed by atoms with van der Waals surface area (Å²) in [4.78, 5) is 9.13. The highest BCUT2D eigenvalue weighted by molar-refractivity contribution is 5.97. The molecular formula is C23H32N4O. The van der Waals surface area contributed by atoms with Crippen molar-refractivity contribution in [1.82, 2.24) is 9.97 Å². The van der Waals surface area contributed by atoms with E-state index in [4.69, 9.17) is 15.5 Å². The molecule has 3 N–H and O–H groups in total. The summed E-state index contributed by atoms with van der Waals surface area (Å²) in [6, 6.07) is 0. The van der Waals surface area contributed by atoms with Gasteiger partial charge in [0.05, 0.1) is 5.69 Å². The van der Waals surface area contributed by atoms with E-state index in [0.29, 0.717) is 17.6 Å². The third kappa shape index (κ3) is 6.74. The Labute approximate surface area is 169 Å². The van der Waals surface area contributed by atoms with Crippen molar-refractivity contribution in [2.75, 3.05) is 19.0 Å². The average Bonchev–Trinajstić information content (AvgIpc) is 3.02. The van der Waals surface area contributed by atoms with Gasteiger partial charge in [0.2, 0.25) is 5.95 Å². The molecule has 1 atom stereocenters. The molecule has 2 aliphatic carbocycles. The highest BCUT2D eigenvalue weighted by Crippen LogP contribution is 2.17. The van der Waals surface area contributed by atoms with Gasteiger partial charge in [-0.25, -0.2) is 9.97 Å². The highest BCUT2D eigenvalue weighted by Gasteiger charge is 2.11. The van der Waals surface area contributed by atoms with E-state index < -0.39 is 0 Å². The maximum Gasteiger partial charge on any atom is 0.222 e. The minimum absolute atomic E-state index is 0. The molecule has 1 aromatic rings. The second kappa shape index (κ2) is 11.8. The summed E-state index contributed by atoms with van der Waals surface area (Å²) in [5, 5.41) is 18.4. The number of hydrogen-bond acceptors (Lipinski definition) is 5. The number of nitrogens with zero attached hydrogens (tertiary/aromatic N) is 2. The molecule has 3 rings (SSSR count). The zero-order valence-corrected chi connectivity index (χ0v) is 16.7. The second-order valence-corrected chi connectivity index (χ2v) is 6.67. The smallest absolute Gasteiger partial charge is 0.222 e. The van der Waals surface area contributed by atoms with Crippen molar-refractivity contribution in [1.29, 1.82) is 5.41 Å². The van der Waals surface area contributed by atoms with E-state index in [1.54, 1.807) is 13.1 Å². The first-order valence-corrected chi connectivity index (χ1v) is 9.68. The van der Waals surface area contributed by atoms with Crippen molar-refractivity contribution in [3.05, 3.63) is 77.7 Å². The Morgan fingerprint density at radius 3 is 2.79 bits per heavy atom. The fourth-order valence-electron chi connectivity index (χ4n) is 3.08. The van der Waals surface area contributed by atoms with Gasteiger partial charge in [-0.15, -0.1) is 0 Å². The van der Waals surface area contributed by atoms with Gasteiger partial charge in [0.15, 0.2) is 0 Å². The summed E-state index contributed by atoms with van der Waals surface area (Å²) in [5.74, 6) is 1.13. The van der Waals surface area contributed by atoms with Crippen molar-refractivity contribution < 1.29 is 6.53 Å². The first-order valence-electron chi connectivity index (χ1n) is 9.68. The van der Waals surface area contributed by atoms with Crippen LogP contribution in [-0.4, -0.2) is 34.4 Å². The summed E-state index contributed by atoms with van der Waals surface area (Å²) >= 11 is 0. The maximum absolute atomic E-state index is 8.01. The van der Waals surface area contributed by atoms with Crippen LogP contribution >= 0.6 is 0 Å². The van der Waals surface area contributed by atoms with Gasteiger partial charge in [-0.1, -0.05) is 60.3 Å². The zero-order chi connectivity index (χ0) is 20.2. The summed E-state index contributed by atoms with van der Waals surface area (Å²) in [6.45, 7) is 2.62. The van der Waals surface area contributed by atoms with E-state index in [1.165, 1.54) is 5.57 Å². The van der Waals surface area contributed by atoms with Crippen LogP contribution in [0.25, 0.3) is 0 Å². The van der Waals surface area contributed by atoms with Gasteiger partial charge < -0.3 is 15.8 Å². The lowest BCUT2D eigenvalue weighted by Gasteiger charge is -2.15. The van der Waals surface area contributed by atoms with Crippen molar-refractivity contribution in [2.45, 2.75) is 32.6 Å². The van der Waals surface area contributed by atoms with Crippen molar-refractivity contribution in [2.24, 2.45) is 5.92 Å². The van der Waals surface area contributed by atoms with Crippen LogP contribution in [-0.2, 0) is 6.42 Å². The van der Waals surface area contributed by atoms with Crippen LogP contribution in [0.2, 0.25) is 0 Å². The molecule has 1 unspecified atom stereocenters. The fraction of sp³-hybridized carbons (Fsp3) is 0.348. The molecule has 0 aliphatic heterocycles. The molecule has 0 saturated heterocycles. The molecule has 5 nitrogen and oxygen atoms in total. The molecule has 2 aliphatic rings. The number of aliphatic hydroxyl groups excluding tert-OH is 1. The standard InChI is InChI=1S/C22H26N4.CH4O.H2/c1-17(23)20-16-25-22(24-15-19-11-7-4-8-12-19)26-21(20)14-13-18-9-5-2-3-6-10-18;1-2;/h2-5,7-11,16,19,23H,6,12-15H2,1H3,(H,24,25,26);2H,1H3;1H. The second-order valence-electron chi connectivity index (χ2n) is 6.67. The summed E-state index contributed by atoms with van der Waals surface area (Å²) in [5.41, 5.74) is 3.61. The first-order chi connectivity index (χ1) is 13.7. The largest absolute Gasteiger partial charge is 0.400 e. The summed E-state index contributed by atoms with van der Waals surface area (Å²) in [7, 11) is 1.00. The van der Waals surface area contributed by atoms with Crippen LogP contribution in [0.1, 0.15) is 38.9 Å². The van der Waals surface area contributed by atoms with Crippen molar-refractivity contribution >= 4 is 11.7 Å². The molecule has 0 fully saturated rings. The van der Waals surface area contributed by atoms with Crippen molar-refractivity contribution in [3.8, 4) is 0 Å². The Bertz CT molecular complexity index is 809. The molecule has 0 amide bonds. The Kier molecular flexibility index (Phi) is 9.08. The number of aliphatic hydroxyl groups is 1. The normalized spacial score (nSPS) is 17.4. The van der Waals surface area contributed by atoms with Crippen LogP contribution in [0.3, 0.4) is 0 Å². The van der Waals surface area contributed by atoms with Crippen molar-refractivity contribution in [3.63, 3.8) is 0 Å². The molecule has 0 saturated carbocycles. The molecule has 0 bridgehead atoms. The Balaban J connectivity index is 0.00000136. The molecule has 150 valence electrons. The van der Waals surface area contributed by atoms with Gasteiger partial charge in [0, 0.05) is 32.6 Å². The number of nitrogens with one attached hydrogen (secondary N) is 2. The van der Waals surface area contributed by atoms with Crippen LogP contribution in [0.4, 0.5) is 5.95 Å². The molecule has 1 aromatic heterocycles. The molecule has 5 heteroatoms. The lowest BCUT2D eigenvalue weighted by molar-refractivity contribution is 0.399. The molecule has 28 heavy (non-hydrogen) atoms. The van der Waals surface area contributed by atoms with Gasteiger partial charge in [-0.2, -0.15) is 0 Å². The van der Waals surface area contributed by atoms with Gasteiger partial charge in [0.1, 0.15) is 0 Å². The van der Waals surface area contributed by atoms with Gasteiger partial charge in [-0.3, -0.25) is 0 Å². The molecule has 0 radical (unpaired) electrons. The SMILES string of the molecule is CC(=N)c1cnc(NCC2C=CC=CC2)nc1CCC1=CCC=CC=C1.CO.[HH]. The van der Waals surface area contributed by atoms with E-state index in [2.05, 4.69) is 65.0 Å².